The fourth-order valence-corrected chi connectivity index (χ4v) is 1.62. The molecule has 0 saturated heterocycles. The van der Waals surface area contributed by atoms with Crippen LogP contribution in [-0.4, -0.2) is 24.8 Å². The van der Waals surface area contributed by atoms with Crippen LogP contribution >= 0.6 is 0 Å². The summed E-state index contributed by atoms with van der Waals surface area (Å²) in [7, 11) is 3.92. The van der Waals surface area contributed by atoms with Gasteiger partial charge in [0.05, 0.1) is 0 Å². The second kappa shape index (κ2) is 3.74. The molecular weight excluding hydrogens is 150 g/mol. The minimum absolute atomic E-state index is 0.336. The summed E-state index contributed by atoms with van der Waals surface area (Å²) in [6.45, 7) is 2.13. The molecule has 1 aliphatic rings. The zero-order valence-electron chi connectivity index (χ0n) is 8.13. The first-order valence-corrected chi connectivity index (χ1v) is 4.52. The zero-order chi connectivity index (χ0) is 9.14. The van der Waals surface area contributed by atoms with E-state index in [1.165, 1.54) is 0 Å². The average Bonchev–Trinajstić information content (AvgIpc) is 1.97. The molecule has 0 N–H and O–H groups in total. The Morgan fingerprint density at radius 1 is 1.50 bits per heavy atom. The molecule has 1 aliphatic carbocycles. The molecule has 1 fully saturated rings. The number of ketones is 1. The van der Waals surface area contributed by atoms with E-state index < -0.39 is 0 Å². The molecule has 2 nitrogen and oxygen atoms in total. The van der Waals surface area contributed by atoms with Crippen LogP contribution in [0.25, 0.3) is 0 Å². The molecule has 0 radical (unpaired) electrons. The molecule has 1 atom stereocenters. The SMILES string of the molecule is CC1CCCC(=O)/C1=C\N(C)C. The molecule has 1 saturated carbocycles. The van der Waals surface area contributed by atoms with Crippen LogP contribution in [0.1, 0.15) is 26.2 Å². The summed E-state index contributed by atoms with van der Waals surface area (Å²) in [6, 6.07) is 0. The van der Waals surface area contributed by atoms with Crippen LogP contribution in [0.15, 0.2) is 11.8 Å². The maximum atomic E-state index is 11.4. The maximum absolute atomic E-state index is 11.4. The summed E-state index contributed by atoms with van der Waals surface area (Å²) < 4.78 is 0. The predicted molar refractivity (Wildman–Crippen MR) is 49.8 cm³/mol. The van der Waals surface area contributed by atoms with Gasteiger partial charge in [0.25, 0.3) is 0 Å². The van der Waals surface area contributed by atoms with E-state index in [9.17, 15) is 4.79 Å². The molecule has 0 aromatic rings. The van der Waals surface area contributed by atoms with Crippen LogP contribution < -0.4 is 0 Å². The summed E-state index contributed by atoms with van der Waals surface area (Å²) in [5.74, 6) is 0.788. The van der Waals surface area contributed by atoms with Gasteiger partial charge < -0.3 is 4.90 Å². The number of nitrogens with zero attached hydrogens (tertiary/aromatic N) is 1. The minimum atomic E-state index is 0.336. The second-order valence-electron chi connectivity index (χ2n) is 3.76. The standard InChI is InChI=1S/C10H17NO/c1-8-5-4-6-10(12)9(8)7-11(2)3/h7-8H,4-6H2,1-3H3/b9-7-. The zero-order valence-corrected chi connectivity index (χ0v) is 8.13. The summed E-state index contributed by atoms with van der Waals surface area (Å²) >= 11 is 0. The Labute approximate surface area is 74.2 Å². The molecular formula is C10H17NO. The van der Waals surface area contributed by atoms with E-state index in [2.05, 4.69) is 6.92 Å². The third-order valence-electron chi connectivity index (χ3n) is 2.29. The van der Waals surface area contributed by atoms with Crippen LogP contribution in [0, 0.1) is 5.92 Å². The smallest absolute Gasteiger partial charge is 0.160 e. The monoisotopic (exact) mass is 167 g/mol. The lowest BCUT2D eigenvalue weighted by Gasteiger charge is -2.21. The summed E-state index contributed by atoms with van der Waals surface area (Å²) in [5, 5.41) is 0. The third-order valence-corrected chi connectivity index (χ3v) is 2.29. The molecule has 1 rings (SSSR count). The Kier molecular flexibility index (Phi) is 2.90. The molecule has 0 bridgehead atoms. The van der Waals surface area contributed by atoms with Crippen molar-refractivity contribution in [1.29, 1.82) is 0 Å². The number of carbonyl (C=O) groups excluding carboxylic acids is 1. The first-order chi connectivity index (χ1) is 5.61. The number of carbonyl (C=O) groups is 1. The van der Waals surface area contributed by atoms with E-state index in [4.69, 9.17) is 0 Å². The van der Waals surface area contributed by atoms with Crippen molar-refractivity contribution in [2.45, 2.75) is 26.2 Å². The Morgan fingerprint density at radius 2 is 2.17 bits per heavy atom. The first kappa shape index (κ1) is 9.30. The third kappa shape index (κ3) is 2.10. The first-order valence-electron chi connectivity index (χ1n) is 4.52. The highest BCUT2D eigenvalue weighted by Crippen LogP contribution is 2.25. The van der Waals surface area contributed by atoms with Crippen LogP contribution in [0.5, 0.6) is 0 Å². The van der Waals surface area contributed by atoms with Gasteiger partial charge in [-0.2, -0.15) is 0 Å². The Morgan fingerprint density at radius 3 is 2.67 bits per heavy atom. The lowest BCUT2D eigenvalue weighted by molar-refractivity contribution is -0.117. The van der Waals surface area contributed by atoms with Gasteiger partial charge in [-0.1, -0.05) is 6.92 Å². The van der Waals surface area contributed by atoms with Crippen LogP contribution in [0.2, 0.25) is 0 Å². The van der Waals surface area contributed by atoms with E-state index >= 15 is 0 Å². The van der Waals surface area contributed by atoms with E-state index in [0.29, 0.717) is 11.7 Å². The number of Topliss-reactive ketones (excluding diaryl/α,β-unsaturated/α-hetero) is 1. The van der Waals surface area contributed by atoms with Crippen LogP contribution in [-0.2, 0) is 4.79 Å². The second-order valence-corrected chi connectivity index (χ2v) is 3.76. The summed E-state index contributed by atoms with van der Waals surface area (Å²) in [4.78, 5) is 13.4. The molecule has 68 valence electrons. The molecule has 0 amide bonds. The lowest BCUT2D eigenvalue weighted by atomic mass is 9.85. The van der Waals surface area contributed by atoms with Gasteiger partial charge in [-0.3, -0.25) is 4.79 Å². The van der Waals surface area contributed by atoms with E-state index in [1.807, 2.05) is 25.2 Å². The van der Waals surface area contributed by atoms with Crippen molar-refractivity contribution in [3.8, 4) is 0 Å². The Bertz CT molecular complexity index is 206. The van der Waals surface area contributed by atoms with E-state index in [0.717, 1.165) is 24.8 Å². The number of rotatable bonds is 1. The van der Waals surface area contributed by atoms with Gasteiger partial charge in [-0.05, 0) is 18.8 Å². The normalized spacial score (nSPS) is 27.8. The molecule has 0 aromatic heterocycles. The fourth-order valence-electron chi connectivity index (χ4n) is 1.62. The highest BCUT2D eigenvalue weighted by Gasteiger charge is 2.21. The summed E-state index contributed by atoms with van der Waals surface area (Å²) in [5.41, 5.74) is 1.01. The van der Waals surface area contributed by atoms with Crippen molar-refractivity contribution < 1.29 is 4.79 Å². The van der Waals surface area contributed by atoms with Crippen LogP contribution in [0.3, 0.4) is 0 Å². The Balaban J connectivity index is 2.76. The van der Waals surface area contributed by atoms with Crippen molar-refractivity contribution in [2.75, 3.05) is 14.1 Å². The van der Waals surface area contributed by atoms with Gasteiger partial charge >= 0.3 is 0 Å². The minimum Gasteiger partial charge on any atom is -0.383 e. The number of hydrogen-bond acceptors (Lipinski definition) is 2. The van der Waals surface area contributed by atoms with Gasteiger partial charge in [0.2, 0.25) is 0 Å². The van der Waals surface area contributed by atoms with Crippen molar-refractivity contribution in [3.05, 3.63) is 11.8 Å². The van der Waals surface area contributed by atoms with Crippen molar-refractivity contribution in [1.82, 2.24) is 4.90 Å². The molecule has 0 heterocycles. The molecule has 1 unspecified atom stereocenters. The molecule has 2 heteroatoms. The largest absolute Gasteiger partial charge is 0.383 e. The lowest BCUT2D eigenvalue weighted by Crippen LogP contribution is -2.19. The fraction of sp³-hybridized carbons (Fsp3) is 0.700. The molecule has 0 aromatic carbocycles. The number of hydrogen-bond donors (Lipinski definition) is 0. The van der Waals surface area contributed by atoms with Crippen molar-refractivity contribution in [3.63, 3.8) is 0 Å². The van der Waals surface area contributed by atoms with E-state index in [-0.39, 0.29) is 0 Å². The number of allylic oxidation sites excluding steroid dienone is 1. The highest BCUT2D eigenvalue weighted by atomic mass is 16.1. The molecule has 0 spiro atoms. The summed E-state index contributed by atoms with van der Waals surface area (Å²) in [6.07, 6.45) is 4.92. The molecule has 12 heavy (non-hydrogen) atoms. The van der Waals surface area contributed by atoms with Gasteiger partial charge in [0.1, 0.15) is 0 Å². The predicted octanol–water partition coefficient (Wildman–Crippen LogP) is 1.82. The van der Waals surface area contributed by atoms with Crippen molar-refractivity contribution in [2.24, 2.45) is 5.92 Å². The van der Waals surface area contributed by atoms with Gasteiger partial charge in [-0.15, -0.1) is 0 Å². The van der Waals surface area contributed by atoms with Gasteiger partial charge in [0, 0.05) is 32.3 Å². The Hall–Kier alpha value is -0.790. The molecule has 0 aliphatic heterocycles. The van der Waals surface area contributed by atoms with Crippen LogP contribution in [0.4, 0.5) is 0 Å². The quantitative estimate of drug-likeness (QED) is 0.555. The van der Waals surface area contributed by atoms with Gasteiger partial charge in [-0.25, -0.2) is 0 Å². The van der Waals surface area contributed by atoms with E-state index in [1.54, 1.807) is 0 Å². The topological polar surface area (TPSA) is 20.3 Å². The van der Waals surface area contributed by atoms with Gasteiger partial charge in [0.15, 0.2) is 5.78 Å². The highest BCUT2D eigenvalue weighted by molar-refractivity contribution is 5.96. The maximum Gasteiger partial charge on any atom is 0.160 e. The van der Waals surface area contributed by atoms with Crippen molar-refractivity contribution >= 4 is 5.78 Å². The average molecular weight is 167 g/mol.